The highest BCUT2D eigenvalue weighted by Crippen LogP contribution is 2.26. The van der Waals surface area contributed by atoms with E-state index in [4.69, 9.17) is 8.85 Å². The number of hydrogen-bond donors (Lipinski definition) is 0. The Morgan fingerprint density at radius 2 is 2.00 bits per heavy atom. The molecular formula is C16H31O2Si. The van der Waals surface area contributed by atoms with Crippen LogP contribution in [-0.4, -0.2) is 16.4 Å². The molecular weight excluding hydrogens is 252 g/mol. The van der Waals surface area contributed by atoms with E-state index in [1.54, 1.807) is 7.11 Å². The molecule has 0 N–H and O–H groups in total. The second kappa shape index (κ2) is 10.5. The van der Waals surface area contributed by atoms with E-state index in [2.05, 4.69) is 19.9 Å². The van der Waals surface area contributed by atoms with Gasteiger partial charge in [0.15, 0.2) is 0 Å². The zero-order chi connectivity index (χ0) is 13.9. The third kappa shape index (κ3) is 7.16. The molecule has 1 unspecified atom stereocenters. The van der Waals surface area contributed by atoms with E-state index in [9.17, 15) is 0 Å². The molecule has 0 aromatic carbocycles. The van der Waals surface area contributed by atoms with Crippen molar-refractivity contribution in [2.45, 2.75) is 71.3 Å². The minimum Gasteiger partial charge on any atom is -0.525 e. The van der Waals surface area contributed by atoms with Gasteiger partial charge < -0.3 is 8.85 Å². The van der Waals surface area contributed by atoms with Crippen molar-refractivity contribution >= 4 is 9.28 Å². The third-order valence-corrected chi connectivity index (χ3v) is 5.94. The maximum Gasteiger partial charge on any atom is 0.457 e. The molecule has 2 nitrogen and oxygen atoms in total. The van der Waals surface area contributed by atoms with Gasteiger partial charge in [-0.15, -0.1) is 0 Å². The van der Waals surface area contributed by atoms with Gasteiger partial charge >= 0.3 is 9.28 Å². The van der Waals surface area contributed by atoms with Crippen LogP contribution < -0.4 is 0 Å². The normalized spacial score (nSPS) is 18.5. The van der Waals surface area contributed by atoms with Crippen LogP contribution in [0.5, 0.6) is 0 Å². The highest BCUT2D eigenvalue weighted by Gasteiger charge is 2.20. The average Bonchev–Trinajstić information content (AvgIpc) is 2.94. The molecule has 1 atom stereocenters. The summed E-state index contributed by atoms with van der Waals surface area (Å²) < 4.78 is 11.4. The lowest BCUT2D eigenvalue weighted by molar-refractivity contribution is 0.290. The first kappa shape index (κ1) is 16.8. The monoisotopic (exact) mass is 283 g/mol. The lowest BCUT2D eigenvalue weighted by atomic mass is 10.0. The van der Waals surface area contributed by atoms with E-state index in [1.165, 1.54) is 51.4 Å². The van der Waals surface area contributed by atoms with Gasteiger partial charge in [0.05, 0.1) is 6.26 Å². The SMILES string of the molecule is CCCCC(CC)C[Si](OC)OC=CC1CCCC1. The minimum atomic E-state index is -1.10. The Bertz CT molecular complexity index is 237. The molecule has 1 aliphatic carbocycles. The van der Waals surface area contributed by atoms with Crippen LogP contribution in [-0.2, 0) is 8.85 Å². The number of allylic oxidation sites excluding steroid dienone is 1. The van der Waals surface area contributed by atoms with Crippen LogP contribution in [0.25, 0.3) is 0 Å². The van der Waals surface area contributed by atoms with Crippen molar-refractivity contribution in [1.82, 2.24) is 0 Å². The average molecular weight is 284 g/mol. The first-order chi connectivity index (χ1) is 9.30. The minimum absolute atomic E-state index is 0.752. The second-order valence-corrected chi connectivity index (χ2v) is 7.48. The van der Waals surface area contributed by atoms with Crippen LogP contribution in [0.1, 0.15) is 65.2 Å². The fraction of sp³-hybridized carbons (Fsp3) is 0.875. The van der Waals surface area contributed by atoms with E-state index in [1.807, 2.05) is 6.26 Å². The quantitative estimate of drug-likeness (QED) is 0.412. The Kier molecular flexibility index (Phi) is 9.27. The molecule has 0 aromatic rings. The van der Waals surface area contributed by atoms with Crippen molar-refractivity contribution in [2.75, 3.05) is 7.11 Å². The number of rotatable bonds is 10. The lowest BCUT2D eigenvalue weighted by Gasteiger charge is -2.18. The van der Waals surface area contributed by atoms with Crippen LogP contribution >= 0.6 is 0 Å². The summed E-state index contributed by atoms with van der Waals surface area (Å²) in [5.74, 6) is 1.52. The third-order valence-electron chi connectivity index (χ3n) is 4.18. The van der Waals surface area contributed by atoms with E-state index in [0.29, 0.717) is 0 Å². The zero-order valence-electron chi connectivity index (χ0n) is 13.0. The van der Waals surface area contributed by atoms with E-state index in [0.717, 1.165) is 17.9 Å². The molecule has 0 heterocycles. The summed E-state index contributed by atoms with van der Waals surface area (Å²) >= 11 is 0. The van der Waals surface area contributed by atoms with Gasteiger partial charge in [-0.05, 0) is 30.8 Å². The van der Waals surface area contributed by atoms with Gasteiger partial charge in [0.25, 0.3) is 0 Å². The molecule has 0 saturated heterocycles. The Balaban J connectivity index is 2.26. The molecule has 111 valence electrons. The Morgan fingerprint density at radius 1 is 1.26 bits per heavy atom. The molecule has 1 radical (unpaired) electrons. The van der Waals surface area contributed by atoms with Gasteiger partial charge in [0.1, 0.15) is 0 Å². The Hall–Kier alpha value is -0.283. The van der Waals surface area contributed by atoms with Crippen LogP contribution in [0.4, 0.5) is 0 Å². The molecule has 19 heavy (non-hydrogen) atoms. The summed E-state index contributed by atoms with van der Waals surface area (Å²) in [5, 5.41) is 0. The van der Waals surface area contributed by atoms with E-state index in [-0.39, 0.29) is 0 Å². The fourth-order valence-corrected chi connectivity index (χ4v) is 4.29. The van der Waals surface area contributed by atoms with Crippen LogP contribution in [0.15, 0.2) is 12.3 Å². The predicted molar refractivity (Wildman–Crippen MR) is 83.1 cm³/mol. The summed E-state index contributed by atoms with van der Waals surface area (Å²) in [6, 6.07) is 1.12. The highest BCUT2D eigenvalue weighted by atomic mass is 28.3. The molecule has 3 heteroatoms. The lowest BCUT2D eigenvalue weighted by Crippen LogP contribution is -2.22. The van der Waals surface area contributed by atoms with Crippen molar-refractivity contribution in [1.29, 1.82) is 0 Å². The number of hydrogen-bond acceptors (Lipinski definition) is 2. The summed E-state index contributed by atoms with van der Waals surface area (Å²) in [6.07, 6.45) is 14.8. The van der Waals surface area contributed by atoms with Crippen molar-refractivity contribution in [3.8, 4) is 0 Å². The number of unbranched alkanes of at least 4 members (excludes halogenated alkanes) is 1. The predicted octanol–water partition coefficient (Wildman–Crippen LogP) is 5.06. The first-order valence-electron chi connectivity index (χ1n) is 8.03. The summed E-state index contributed by atoms with van der Waals surface area (Å²) in [5.41, 5.74) is 0. The van der Waals surface area contributed by atoms with Crippen LogP contribution in [0.2, 0.25) is 6.04 Å². The first-order valence-corrected chi connectivity index (χ1v) is 9.55. The molecule has 1 saturated carbocycles. The molecule has 0 aromatic heterocycles. The summed E-state index contributed by atoms with van der Waals surface area (Å²) in [4.78, 5) is 0. The molecule has 0 spiro atoms. The molecule has 1 aliphatic rings. The standard InChI is InChI=1S/C16H31O2Si/c1-4-6-9-15(5-2)14-19(17-3)18-13-12-16-10-7-8-11-16/h12-13,15-16H,4-11,14H2,1-3H3. The largest absolute Gasteiger partial charge is 0.525 e. The van der Waals surface area contributed by atoms with Gasteiger partial charge in [0.2, 0.25) is 0 Å². The molecule has 0 bridgehead atoms. The van der Waals surface area contributed by atoms with Gasteiger partial charge in [-0.1, -0.05) is 52.4 Å². The molecule has 0 amide bonds. The second-order valence-electron chi connectivity index (χ2n) is 5.69. The molecule has 1 fully saturated rings. The van der Waals surface area contributed by atoms with Crippen LogP contribution in [0.3, 0.4) is 0 Å². The topological polar surface area (TPSA) is 18.5 Å². The summed E-state index contributed by atoms with van der Waals surface area (Å²) in [6.45, 7) is 4.54. The maximum atomic E-state index is 5.86. The van der Waals surface area contributed by atoms with Gasteiger partial charge in [-0.25, -0.2) is 0 Å². The Labute approximate surface area is 121 Å². The Morgan fingerprint density at radius 3 is 2.58 bits per heavy atom. The zero-order valence-corrected chi connectivity index (χ0v) is 14.0. The van der Waals surface area contributed by atoms with Gasteiger partial charge in [-0.2, -0.15) is 0 Å². The van der Waals surface area contributed by atoms with Crippen molar-refractivity contribution in [2.24, 2.45) is 11.8 Å². The van der Waals surface area contributed by atoms with E-state index < -0.39 is 9.28 Å². The van der Waals surface area contributed by atoms with Crippen molar-refractivity contribution in [3.05, 3.63) is 12.3 Å². The summed E-state index contributed by atoms with van der Waals surface area (Å²) in [7, 11) is 0.693. The van der Waals surface area contributed by atoms with E-state index >= 15 is 0 Å². The molecule has 0 aliphatic heterocycles. The maximum absolute atomic E-state index is 5.86. The van der Waals surface area contributed by atoms with Crippen LogP contribution in [0, 0.1) is 11.8 Å². The van der Waals surface area contributed by atoms with Gasteiger partial charge in [-0.3, -0.25) is 0 Å². The van der Waals surface area contributed by atoms with Gasteiger partial charge in [0, 0.05) is 13.2 Å². The highest BCUT2D eigenvalue weighted by molar-refractivity contribution is 6.44. The van der Waals surface area contributed by atoms with Crippen molar-refractivity contribution in [3.63, 3.8) is 0 Å². The smallest absolute Gasteiger partial charge is 0.457 e. The van der Waals surface area contributed by atoms with Crippen molar-refractivity contribution < 1.29 is 8.85 Å². The fourth-order valence-electron chi connectivity index (χ4n) is 2.73. The molecule has 1 rings (SSSR count).